The van der Waals surface area contributed by atoms with E-state index in [4.69, 9.17) is 9.15 Å². The maximum Gasteiger partial charge on any atom is 0.339 e. The van der Waals surface area contributed by atoms with Gasteiger partial charge in [0.05, 0.1) is 5.56 Å². The van der Waals surface area contributed by atoms with Crippen molar-refractivity contribution in [2.24, 2.45) is 0 Å². The minimum absolute atomic E-state index is 0.0377. The maximum absolute atomic E-state index is 13.4. The Labute approximate surface area is 229 Å². The van der Waals surface area contributed by atoms with E-state index in [1.165, 1.54) is 28.7 Å². The Morgan fingerprint density at radius 1 is 0.821 bits per heavy atom. The van der Waals surface area contributed by atoms with Gasteiger partial charge in [0.25, 0.3) is 0 Å². The zero-order valence-corrected chi connectivity index (χ0v) is 22.3. The van der Waals surface area contributed by atoms with E-state index in [-0.39, 0.29) is 17.5 Å². The highest BCUT2D eigenvalue weighted by atomic mass is 16.5. The lowest BCUT2D eigenvalue weighted by atomic mass is 9.66. The highest BCUT2D eigenvalue weighted by Gasteiger charge is 2.37. The third-order valence-electron chi connectivity index (χ3n) is 8.81. The number of esters is 1. The van der Waals surface area contributed by atoms with Crippen molar-refractivity contribution in [1.82, 2.24) is 0 Å². The molecule has 7 rings (SSSR count). The van der Waals surface area contributed by atoms with Crippen LogP contribution in [0.4, 0.5) is 0 Å². The van der Waals surface area contributed by atoms with Gasteiger partial charge in [-0.15, -0.1) is 0 Å². The van der Waals surface area contributed by atoms with Crippen LogP contribution in [0.2, 0.25) is 0 Å². The van der Waals surface area contributed by atoms with Crippen LogP contribution in [-0.4, -0.2) is 12.1 Å². The summed E-state index contributed by atoms with van der Waals surface area (Å²) in [7, 11) is 0. The van der Waals surface area contributed by atoms with Crippen molar-refractivity contribution in [2.75, 3.05) is 0 Å². The molecule has 1 heterocycles. The molecule has 1 aromatic heterocycles. The molecule has 2 aliphatic rings. The fraction of sp³-hybridized carbons (Fsp3) is 0.250. The van der Waals surface area contributed by atoms with Gasteiger partial charge in [-0.05, 0) is 91.1 Å². The number of hydrogen-bond acceptors (Lipinski definition) is 3. The molecule has 0 bridgehead atoms. The molecule has 1 fully saturated rings. The molecule has 0 aliphatic heterocycles. The average Bonchev–Trinajstić information content (AvgIpc) is 3.36. The Morgan fingerprint density at radius 2 is 1.59 bits per heavy atom. The van der Waals surface area contributed by atoms with Crippen molar-refractivity contribution < 1.29 is 13.9 Å². The molecule has 1 unspecified atom stereocenters. The molecule has 5 aromatic rings. The predicted octanol–water partition coefficient (Wildman–Crippen LogP) is 8.94. The lowest BCUT2D eigenvalue weighted by molar-refractivity contribution is 0.0210. The van der Waals surface area contributed by atoms with Crippen LogP contribution in [-0.2, 0) is 16.6 Å². The van der Waals surface area contributed by atoms with Crippen LogP contribution in [0.25, 0.3) is 28.0 Å². The van der Waals surface area contributed by atoms with Gasteiger partial charge in [-0.25, -0.2) is 4.79 Å². The van der Waals surface area contributed by atoms with E-state index >= 15 is 0 Å². The summed E-state index contributed by atoms with van der Waals surface area (Å²) in [6.45, 7) is 2.15. The first-order chi connectivity index (χ1) is 19.1. The van der Waals surface area contributed by atoms with Crippen molar-refractivity contribution >= 4 is 34.0 Å². The van der Waals surface area contributed by atoms with Crippen molar-refractivity contribution in [1.29, 1.82) is 0 Å². The second kappa shape index (κ2) is 9.57. The maximum atomic E-state index is 13.4. The summed E-state index contributed by atoms with van der Waals surface area (Å²) in [6.07, 6.45) is 10.7. The summed E-state index contributed by atoms with van der Waals surface area (Å²) in [5, 5.41) is 2.25. The lowest BCUT2D eigenvalue weighted by Crippen LogP contribution is -2.31. The van der Waals surface area contributed by atoms with Crippen LogP contribution >= 0.6 is 0 Å². The third-order valence-corrected chi connectivity index (χ3v) is 8.81. The summed E-state index contributed by atoms with van der Waals surface area (Å²) >= 11 is 0. The highest BCUT2D eigenvalue weighted by Crippen LogP contribution is 2.45. The van der Waals surface area contributed by atoms with E-state index in [0.717, 1.165) is 59.6 Å². The average molecular weight is 513 g/mol. The summed E-state index contributed by atoms with van der Waals surface area (Å²) in [6, 6.07) is 29.5. The van der Waals surface area contributed by atoms with E-state index < -0.39 is 0 Å². The number of carbonyl (C=O) groups is 1. The van der Waals surface area contributed by atoms with E-state index in [0.29, 0.717) is 5.56 Å². The molecule has 2 aliphatic carbocycles. The number of hydrogen-bond donors (Lipinski definition) is 0. The van der Waals surface area contributed by atoms with Gasteiger partial charge in [0.1, 0.15) is 17.3 Å². The Kier molecular flexibility index (Phi) is 5.88. The van der Waals surface area contributed by atoms with Gasteiger partial charge < -0.3 is 9.15 Å². The summed E-state index contributed by atoms with van der Waals surface area (Å²) in [5.74, 6) is -0.193. The van der Waals surface area contributed by atoms with Crippen LogP contribution in [0.5, 0.6) is 0 Å². The number of aryl methyl sites for hydroxylation is 1. The van der Waals surface area contributed by atoms with Gasteiger partial charge in [-0.3, -0.25) is 0 Å². The van der Waals surface area contributed by atoms with Gasteiger partial charge in [0.2, 0.25) is 0 Å². The number of furan rings is 1. The number of ether oxygens (including phenoxy) is 1. The molecule has 0 saturated heterocycles. The predicted molar refractivity (Wildman–Crippen MR) is 157 cm³/mol. The van der Waals surface area contributed by atoms with Crippen molar-refractivity contribution in [3.63, 3.8) is 0 Å². The van der Waals surface area contributed by atoms with Gasteiger partial charge in [-0.1, -0.05) is 79.2 Å². The molecule has 0 amide bonds. The van der Waals surface area contributed by atoms with Crippen LogP contribution in [0.15, 0.2) is 95.4 Å². The van der Waals surface area contributed by atoms with Crippen LogP contribution < -0.4 is 0 Å². The van der Waals surface area contributed by atoms with E-state index in [1.807, 2.05) is 18.2 Å². The second-order valence-corrected chi connectivity index (χ2v) is 11.1. The van der Waals surface area contributed by atoms with Gasteiger partial charge in [0, 0.05) is 16.2 Å². The molecule has 4 aromatic carbocycles. The number of benzene rings is 4. The first-order valence-electron chi connectivity index (χ1n) is 14.1. The fourth-order valence-electron chi connectivity index (χ4n) is 6.64. The van der Waals surface area contributed by atoms with Gasteiger partial charge in [0.15, 0.2) is 0 Å². The minimum atomic E-state index is -0.377. The van der Waals surface area contributed by atoms with Crippen LogP contribution in [0.3, 0.4) is 0 Å². The van der Waals surface area contributed by atoms with Crippen molar-refractivity contribution in [2.45, 2.75) is 57.0 Å². The molecule has 3 nitrogen and oxygen atoms in total. The first kappa shape index (κ1) is 24.0. The summed E-state index contributed by atoms with van der Waals surface area (Å²) in [5.41, 5.74) is 7.94. The first-order valence-corrected chi connectivity index (χ1v) is 14.1. The molecule has 39 heavy (non-hydrogen) atoms. The summed E-state index contributed by atoms with van der Waals surface area (Å²) < 4.78 is 12.1. The number of fused-ring (bicyclic) bond motifs is 4. The molecular weight excluding hydrogens is 480 g/mol. The number of para-hydroxylation sites is 1. The topological polar surface area (TPSA) is 39.4 Å². The normalized spacial score (nSPS) is 19.3. The SMILES string of the molecule is Cc1ccc(C(=O)OC2CCCCC2)c2c1CC(c1ccccc1)(c1ccc3oc4ccccc4c3c1)C=C2. The van der Waals surface area contributed by atoms with E-state index in [9.17, 15) is 4.79 Å². The molecule has 0 spiro atoms. The van der Waals surface area contributed by atoms with E-state index in [1.54, 1.807) is 0 Å². The third kappa shape index (κ3) is 4.08. The highest BCUT2D eigenvalue weighted by molar-refractivity contribution is 6.05. The quantitative estimate of drug-likeness (QED) is 0.226. The number of carbonyl (C=O) groups excluding carboxylic acids is 1. The smallest absolute Gasteiger partial charge is 0.339 e. The molecule has 194 valence electrons. The van der Waals surface area contributed by atoms with Crippen LogP contribution in [0, 0.1) is 6.92 Å². The Balaban J connectivity index is 1.35. The standard InChI is InChI=1S/C36H32O3/c1-24-16-18-30(35(37)38-27-12-6-3-7-13-27)28-20-21-36(23-32(24)28,25-10-4-2-5-11-25)26-17-19-34-31(22-26)29-14-8-9-15-33(29)39-34/h2,4-5,8-11,14-22,27H,3,6-7,12-13,23H2,1H3. The molecule has 0 radical (unpaired) electrons. The van der Waals surface area contributed by atoms with Crippen LogP contribution in [0.1, 0.15) is 70.3 Å². The largest absolute Gasteiger partial charge is 0.459 e. The van der Waals surface area contributed by atoms with Crippen molar-refractivity contribution in [3.8, 4) is 0 Å². The Bertz CT molecular complexity index is 1720. The fourth-order valence-corrected chi connectivity index (χ4v) is 6.64. The monoisotopic (exact) mass is 512 g/mol. The number of rotatable bonds is 4. The minimum Gasteiger partial charge on any atom is -0.459 e. The molecular formula is C36H32O3. The second-order valence-electron chi connectivity index (χ2n) is 11.1. The molecule has 3 heteroatoms. The lowest BCUT2D eigenvalue weighted by Gasteiger charge is -2.37. The zero-order chi connectivity index (χ0) is 26.4. The van der Waals surface area contributed by atoms with Gasteiger partial charge >= 0.3 is 5.97 Å². The Hall–Kier alpha value is -4.11. The van der Waals surface area contributed by atoms with Crippen molar-refractivity contribution in [3.05, 3.63) is 124 Å². The van der Waals surface area contributed by atoms with Gasteiger partial charge in [-0.2, -0.15) is 0 Å². The number of allylic oxidation sites excluding steroid dienone is 1. The zero-order valence-electron chi connectivity index (χ0n) is 22.3. The molecule has 0 N–H and O–H groups in total. The molecule has 1 atom stereocenters. The Morgan fingerprint density at radius 3 is 2.44 bits per heavy atom. The summed E-state index contributed by atoms with van der Waals surface area (Å²) in [4.78, 5) is 13.4. The van der Waals surface area contributed by atoms with E-state index in [2.05, 4.69) is 85.8 Å². The molecule has 1 saturated carbocycles.